The van der Waals surface area contributed by atoms with E-state index in [1.165, 1.54) is 4.90 Å². The molecular weight excluding hydrogens is 494 g/mol. The van der Waals surface area contributed by atoms with Gasteiger partial charge < -0.3 is 25.4 Å². The fraction of sp³-hybridized carbons (Fsp3) is 0.516. The number of phenols is 1. The summed E-state index contributed by atoms with van der Waals surface area (Å²) < 4.78 is 5.47. The van der Waals surface area contributed by atoms with Crippen LogP contribution in [-0.2, 0) is 20.7 Å². The molecule has 0 fully saturated rings. The Labute approximate surface area is 233 Å². The highest BCUT2D eigenvalue weighted by atomic mass is 16.6. The Kier molecular flexibility index (Phi) is 11.8. The number of alkyl carbamates (subject to hydrolysis) is 1. The lowest BCUT2D eigenvalue weighted by atomic mass is 9.97. The molecule has 3 amide bonds. The maximum atomic E-state index is 14.3. The summed E-state index contributed by atoms with van der Waals surface area (Å²) in [5.74, 6) is -0.855. The monoisotopic (exact) mass is 539 g/mol. The molecule has 0 aliphatic heterocycles. The van der Waals surface area contributed by atoms with Crippen LogP contribution in [0.25, 0.3) is 0 Å². The van der Waals surface area contributed by atoms with Crippen LogP contribution in [0.5, 0.6) is 5.75 Å². The Balaban J connectivity index is 2.59. The normalized spacial score (nSPS) is 12.9. The minimum absolute atomic E-state index is 0.0330. The number of hydrogen-bond acceptors (Lipinski definition) is 5. The number of amides is 3. The van der Waals surface area contributed by atoms with Gasteiger partial charge in [-0.2, -0.15) is 0 Å². The summed E-state index contributed by atoms with van der Waals surface area (Å²) >= 11 is 0. The lowest BCUT2D eigenvalue weighted by Crippen LogP contribution is -2.54. The van der Waals surface area contributed by atoms with Crippen molar-refractivity contribution >= 4 is 17.9 Å². The molecule has 0 aliphatic rings. The third kappa shape index (κ3) is 9.93. The Hall–Kier alpha value is -3.55. The van der Waals surface area contributed by atoms with Crippen molar-refractivity contribution in [3.63, 3.8) is 0 Å². The van der Waals surface area contributed by atoms with Crippen LogP contribution in [0.3, 0.4) is 0 Å². The van der Waals surface area contributed by atoms with Crippen LogP contribution in [0.2, 0.25) is 0 Å². The van der Waals surface area contributed by atoms with E-state index in [0.29, 0.717) is 17.5 Å². The maximum Gasteiger partial charge on any atom is 0.408 e. The van der Waals surface area contributed by atoms with Gasteiger partial charge in [0, 0.05) is 24.6 Å². The molecular formula is C31H45N3O5. The number of nitrogens with one attached hydrogen (secondary N) is 2. The van der Waals surface area contributed by atoms with Crippen LogP contribution in [0, 0.1) is 6.92 Å². The van der Waals surface area contributed by atoms with Crippen LogP contribution >= 0.6 is 0 Å². The highest BCUT2D eigenvalue weighted by molar-refractivity contribution is 5.92. The Morgan fingerprint density at radius 3 is 2.23 bits per heavy atom. The SMILES string of the molecule is CCCCCN(C(=O)C(Cc1ccccc1)NC(=O)OC(C)(C)C)C(C(=O)NC(C)C)c1cccc(C)c1O. The summed E-state index contributed by atoms with van der Waals surface area (Å²) in [6.07, 6.45) is 1.92. The van der Waals surface area contributed by atoms with E-state index < -0.39 is 35.6 Å². The Morgan fingerprint density at radius 1 is 0.974 bits per heavy atom. The lowest BCUT2D eigenvalue weighted by molar-refractivity contribution is -0.142. The number of hydrogen-bond donors (Lipinski definition) is 3. The van der Waals surface area contributed by atoms with Crippen LogP contribution in [0.4, 0.5) is 4.79 Å². The number of benzene rings is 2. The molecule has 0 saturated carbocycles. The summed E-state index contributed by atoms with van der Waals surface area (Å²) in [6.45, 7) is 13.0. The van der Waals surface area contributed by atoms with Gasteiger partial charge in [0.1, 0.15) is 23.4 Å². The predicted octanol–water partition coefficient (Wildman–Crippen LogP) is 5.42. The number of aryl methyl sites for hydroxylation is 1. The molecule has 0 saturated heterocycles. The molecule has 8 nitrogen and oxygen atoms in total. The zero-order valence-corrected chi connectivity index (χ0v) is 24.4. The molecule has 0 spiro atoms. The Bertz CT molecular complexity index is 1100. The fourth-order valence-corrected chi connectivity index (χ4v) is 4.31. The van der Waals surface area contributed by atoms with Crippen molar-refractivity contribution in [2.45, 2.75) is 97.9 Å². The topological polar surface area (TPSA) is 108 Å². The van der Waals surface area contributed by atoms with Gasteiger partial charge in [0.15, 0.2) is 0 Å². The first-order chi connectivity index (χ1) is 18.3. The molecule has 0 aliphatic carbocycles. The van der Waals surface area contributed by atoms with Crippen LogP contribution in [0.1, 0.15) is 83.5 Å². The number of phenolic OH excluding ortho intramolecular Hbond substituents is 1. The van der Waals surface area contributed by atoms with E-state index in [1.807, 2.05) is 44.2 Å². The molecule has 2 aromatic rings. The predicted molar refractivity (Wildman–Crippen MR) is 153 cm³/mol. The zero-order valence-electron chi connectivity index (χ0n) is 24.4. The second-order valence-corrected chi connectivity index (χ2v) is 11.2. The maximum absolute atomic E-state index is 14.3. The molecule has 3 N–H and O–H groups in total. The number of carbonyl (C=O) groups excluding carboxylic acids is 3. The zero-order chi connectivity index (χ0) is 29.2. The van der Waals surface area contributed by atoms with E-state index in [2.05, 4.69) is 17.6 Å². The van der Waals surface area contributed by atoms with Gasteiger partial charge in [0.05, 0.1) is 0 Å². The number of aromatic hydroxyl groups is 1. The van der Waals surface area contributed by atoms with E-state index in [-0.39, 0.29) is 24.8 Å². The summed E-state index contributed by atoms with van der Waals surface area (Å²) in [6, 6.07) is 12.3. The van der Waals surface area contributed by atoms with E-state index in [0.717, 1.165) is 18.4 Å². The van der Waals surface area contributed by atoms with Crippen molar-refractivity contribution in [3.8, 4) is 5.75 Å². The van der Waals surface area contributed by atoms with E-state index >= 15 is 0 Å². The van der Waals surface area contributed by atoms with Gasteiger partial charge in [-0.1, -0.05) is 68.3 Å². The molecule has 39 heavy (non-hydrogen) atoms. The molecule has 214 valence electrons. The van der Waals surface area contributed by atoms with Gasteiger partial charge in [-0.05, 0) is 59.1 Å². The van der Waals surface area contributed by atoms with Gasteiger partial charge in [0.2, 0.25) is 11.8 Å². The minimum atomic E-state index is -1.09. The number of ether oxygens (including phenoxy) is 1. The second-order valence-electron chi connectivity index (χ2n) is 11.2. The van der Waals surface area contributed by atoms with Crippen molar-refractivity contribution in [1.82, 2.24) is 15.5 Å². The molecule has 2 unspecified atom stereocenters. The van der Waals surface area contributed by atoms with Crippen LogP contribution in [-0.4, -0.2) is 52.1 Å². The van der Waals surface area contributed by atoms with Crippen molar-refractivity contribution < 1.29 is 24.2 Å². The molecule has 0 heterocycles. The summed E-state index contributed by atoms with van der Waals surface area (Å²) in [4.78, 5) is 42.3. The number of para-hydroxylation sites is 1. The van der Waals surface area contributed by atoms with Gasteiger partial charge in [-0.3, -0.25) is 9.59 Å². The van der Waals surface area contributed by atoms with E-state index in [1.54, 1.807) is 45.9 Å². The molecule has 2 rings (SSSR count). The quantitative estimate of drug-likeness (QED) is 0.312. The Morgan fingerprint density at radius 2 is 1.64 bits per heavy atom. The molecule has 2 atom stereocenters. The largest absolute Gasteiger partial charge is 0.507 e. The number of rotatable bonds is 12. The summed E-state index contributed by atoms with van der Waals surface area (Å²) in [5.41, 5.74) is 1.04. The van der Waals surface area contributed by atoms with Gasteiger partial charge in [0.25, 0.3) is 0 Å². The average molecular weight is 540 g/mol. The molecule has 0 aromatic heterocycles. The smallest absolute Gasteiger partial charge is 0.408 e. The van der Waals surface area contributed by atoms with E-state index in [9.17, 15) is 19.5 Å². The first-order valence-corrected chi connectivity index (χ1v) is 13.8. The standard InChI is InChI=1S/C31H45N3O5/c1-8-9-13-19-34(26(28(36)32-21(2)3)24-18-14-15-22(4)27(24)35)29(37)25(20-23-16-11-10-12-17-23)33-30(38)39-31(5,6)7/h10-12,14-18,21,25-26,35H,8-9,13,19-20H2,1-7H3,(H,32,36)(H,33,38). The van der Waals surface area contributed by atoms with Gasteiger partial charge in [-0.25, -0.2) is 4.79 Å². The molecule has 8 heteroatoms. The molecule has 2 aromatic carbocycles. The first kappa shape index (κ1) is 31.7. The first-order valence-electron chi connectivity index (χ1n) is 13.8. The van der Waals surface area contributed by atoms with E-state index in [4.69, 9.17) is 4.74 Å². The third-order valence-corrected chi connectivity index (χ3v) is 6.11. The third-order valence-electron chi connectivity index (χ3n) is 6.11. The summed E-state index contributed by atoms with van der Waals surface area (Å²) in [5, 5.41) is 16.7. The average Bonchev–Trinajstić information content (AvgIpc) is 2.84. The van der Waals surface area contributed by atoms with Crippen molar-refractivity contribution in [2.24, 2.45) is 0 Å². The fourth-order valence-electron chi connectivity index (χ4n) is 4.31. The van der Waals surface area contributed by atoms with Crippen molar-refractivity contribution in [2.75, 3.05) is 6.54 Å². The number of unbranched alkanes of at least 4 members (excludes halogenated alkanes) is 2. The highest BCUT2D eigenvalue weighted by Gasteiger charge is 2.37. The van der Waals surface area contributed by atoms with Crippen LogP contribution < -0.4 is 10.6 Å². The second kappa shape index (κ2) is 14.6. The molecule has 0 bridgehead atoms. The molecule has 0 radical (unpaired) electrons. The lowest BCUT2D eigenvalue weighted by Gasteiger charge is -2.35. The minimum Gasteiger partial charge on any atom is -0.507 e. The van der Waals surface area contributed by atoms with Gasteiger partial charge in [-0.15, -0.1) is 0 Å². The van der Waals surface area contributed by atoms with Crippen molar-refractivity contribution in [3.05, 3.63) is 65.2 Å². The number of nitrogens with zero attached hydrogens (tertiary/aromatic N) is 1. The van der Waals surface area contributed by atoms with Crippen molar-refractivity contribution in [1.29, 1.82) is 0 Å². The van der Waals surface area contributed by atoms with Crippen LogP contribution in [0.15, 0.2) is 48.5 Å². The van der Waals surface area contributed by atoms with Gasteiger partial charge >= 0.3 is 6.09 Å². The number of carbonyl (C=O) groups is 3. The highest BCUT2D eigenvalue weighted by Crippen LogP contribution is 2.33. The summed E-state index contributed by atoms with van der Waals surface area (Å²) in [7, 11) is 0.